The van der Waals surface area contributed by atoms with E-state index in [2.05, 4.69) is 5.32 Å². The lowest BCUT2D eigenvalue weighted by Gasteiger charge is -2.30. The Morgan fingerprint density at radius 2 is 1.88 bits per heavy atom. The van der Waals surface area contributed by atoms with Gasteiger partial charge < -0.3 is 19.9 Å². The molecule has 0 amide bonds. The van der Waals surface area contributed by atoms with Crippen molar-refractivity contribution in [2.75, 3.05) is 19.5 Å². The number of nitrogens with one attached hydrogen (secondary N) is 1. The van der Waals surface area contributed by atoms with Crippen LogP contribution >= 0.6 is 0 Å². The van der Waals surface area contributed by atoms with E-state index in [4.69, 9.17) is 9.47 Å². The van der Waals surface area contributed by atoms with Gasteiger partial charge in [0.15, 0.2) is 0 Å². The van der Waals surface area contributed by atoms with Crippen molar-refractivity contribution in [3.05, 3.63) is 17.7 Å². The van der Waals surface area contributed by atoms with Crippen LogP contribution in [0.1, 0.15) is 25.0 Å². The van der Waals surface area contributed by atoms with Gasteiger partial charge in [-0.25, -0.2) is 0 Å². The lowest BCUT2D eigenvalue weighted by molar-refractivity contribution is 0.153. The van der Waals surface area contributed by atoms with Crippen molar-refractivity contribution < 1.29 is 14.6 Å². The standard InChI is InChI=1S/C12H17NO3/c1-7-6-8(14)11-9(15-2)4-5-10(16-3)12(11)13-7/h4-5,7-8,13-14H,6H2,1-3H3. The van der Waals surface area contributed by atoms with Gasteiger partial charge >= 0.3 is 0 Å². The quantitative estimate of drug-likeness (QED) is 0.804. The molecule has 0 fully saturated rings. The van der Waals surface area contributed by atoms with Crippen LogP contribution < -0.4 is 14.8 Å². The van der Waals surface area contributed by atoms with Crippen LogP contribution in [0, 0.1) is 0 Å². The molecule has 88 valence electrons. The Labute approximate surface area is 95.2 Å². The molecule has 0 bridgehead atoms. The van der Waals surface area contributed by atoms with Crippen molar-refractivity contribution in [2.45, 2.75) is 25.5 Å². The number of hydrogen-bond donors (Lipinski definition) is 2. The second-order valence-electron chi connectivity index (χ2n) is 4.06. The van der Waals surface area contributed by atoms with Gasteiger partial charge in [0.25, 0.3) is 0 Å². The van der Waals surface area contributed by atoms with Crippen molar-refractivity contribution in [1.29, 1.82) is 0 Å². The zero-order chi connectivity index (χ0) is 11.7. The van der Waals surface area contributed by atoms with Gasteiger partial charge in [0, 0.05) is 11.6 Å². The summed E-state index contributed by atoms with van der Waals surface area (Å²) in [5.74, 6) is 1.43. The number of rotatable bonds is 2. The van der Waals surface area contributed by atoms with Crippen LogP contribution in [0.25, 0.3) is 0 Å². The van der Waals surface area contributed by atoms with Gasteiger partial charge in [0.1, 0.15) is 11.5 Å². The minimum absolute atomic E-state index is 0.225. The second kappa shape index (κ2) is 4.22. The molecule has 4 heteroatoms. The fourth-order valence-corrected chi connectivity index (χ4v) is 2.17. The van der Waals surface area contributed by atoms with E-state index in [0.29, 0.717) is 12.2 Å². The molecule has 1 heterocycles. The Kier molecular flexibility index (Phi) is 2.92. The van der Waals surface area contributed by atoms with E-state index in [9.17, 15) is 5.11 Å². The second-order valence-corrected chi connectivity index (χ2v) is 4.06. The third-order valence-electron chi connectivity index (χ3n) is 2.91. The summed E-state index contributed by atoms with van der Waals surface area (Å²) in [7, 11) is 3.22. The molecule has 0 saturated heterocycles. The molecule has 1 aliphatic rings. The number of aliphatic hydroxyl groups excluding tert-OH is 1. The van der Waals surface area contributed by atoms with Crippen LogP contribution in [-0.4, -0.2) is 25.4 Å². The van der Waals surface area contributed by atoms with Crippen LogP contribution in [0.2, 0.25) is 0 Å². The van der Waals surface area contributed by atoms with E-state index < -0.39 is 6.10 Å². The average Bonchev–Trinajstić information content (AvgIpc) is 2.27. The summed E-state index contributed by atoms with van der Waals surface area (Å²) in [6.07, 6.45) is 0.174. The first-order valence-corrected chi connectivity index (χ1v) is 5.36. The molecule has 2 atom stereocenters. The number of anilines is 1. The predicted molar refractivity (Wildman–Crippen MR) is 62.2 cm³/mol. The summed E-state index contributed by atoms with van der Waals surface area (Å²) < 4.78 is 10.5. The SMILES string of the molecule is COc1ccc(OC)c2c1NC(C)CC2O. The van der Waals surface area contributed by atoms with Gasteiger partial charge in [-0.2, -0.15) is 0 Å². The molecule has 16 heavy (non-hydrogen) atoms. The Hall–Kier alpha value is -1.42. The number of ether oxygens (including phenoxy) is 2. The highest BCUT2D eigenvalue weighted by Gasteiger charge is 2.28. The number of fused-ring (bicyclic) bond motifs is 1. The van der Waals surface area contributed by atoms with E-state index in [1.807, 2.05) is 19.1 Å². The highest BCUT2D eigenvalue weighted by atomic mass is 16.5. The predicted octanol–water partition coefficient (Wildman–Crippen LogP) is 1.94. The molecule has 4 nitrogen and oxygen atoms in total. The first-order chi connectivity index (χ1) is 7.67. The highest BCUT2D eigenvalue weighted by molar-refractivity contribution is 5.69. The lowest BCUT2D eigenvalue weighted by atomic mass is 9.94. The number of methoxy groups -OCH3 is 2. The molecular weight excluding hydrogens is 206 g/mol. The maximum Gasteiger partial charge on any atom is 0.142 e. The zero-order valence-corrected chi connectivity index (χ0v) is 9.78. The molecule has 0 aromatic heterocycles. The van der Waals surface area contributed by atoms with Gasteiger partial charge in [0.05, 0.1) is 26.0 Å². The molecule has 0 saturated carbocycles. The first kappa shape index (κ1) is 11.1. The van der Waals surface area contributed by atoms with E-state index in [0.717, 1.165) is 17.0 Å². The molecule has 0 spiro atoms. The minimum atomic E-state index is -0.503. The Bertz CT molecular complexity index is 392. The summed E-state index contributed by atoms with van der Waals surface area (Å²) in [5, 5.41) is 13.4. The maximum absolute atomic E-state index is 10.1. The minimum Gasteiger partial charge on any atom is -0.496 e. The van der Waals surface area contributed by atoms with E-state index in [1.165, 1.54) is 0 Å². The maximum atomic E-state index is 10.1. The van der Waals surface area contributed by atoms with Gasteiger partial charge in [-0.15, -0.1) is 0 Å². The number of aliphatic hydroxyl groups is 1. The molecule has 2 N–H and O–H groups in total. The summed E-state index contributed by atoms with van der Waals surface area (Å²) in [6.45, 7) is 2.03. The lowest BCUT2D eigenvalue weighted by Crippen LogP contribution is -2.26. The first-order valence-electron chi connectivity index (χ1n) is 5.36. The van der Waals surface area contributed by atoms with Crippen molar-refractivity contribution in [2.24, 2.45) is 0 Å². The number of benzene rings is 1. The van der Waals surface area contributed by atoms with Gasteiger partial charge in [-0.1, -0.05) is 0 Å². The molecule has 1 aromatic rings. The van der Waals surface area contributed by atoms with Crippen molar-refractivity contribution >= 4 is 5.69 Å². The molecular formula is C12H17NO3. The van der Waals surface area contributed by atoms with Crippen molar-refractivity contribution in [1.82, 2.24) is 0 Å². The third kappa shape index (κ3) is 1.69. The van der Waals surface area contributed by atoms with Gasteiger partial charge in [-0.3, -0.25) is 0 Å². The molecule has 1 aromatic carbocycles. The normalized spacial score (nSPS) is 23.2. The monoisotopic (exact) mass is 223 g/mol. The Morgan fingerprint density at radius 1 is 1.25 bits per heavy atom. The van der Waals surface area contributed by atoms with Gasteiger partial charge in [0.2, 0.25) is 0 Å². The van der Waals surface area contributed by atoms with E-state index >= 15 is 0 Å². The fourth-order valence-electron chi connectivity index (χ4n) is 2.17. The largest absolute Gasteiger partial charge is 0.496 e. The Balaban J connectivity index is 2.56. The summed E-state index contributed by atoms with van der Waals surface area (Å²) in [6, 6.07) is 3.89. The third-order valence-corrected chi connectivity index (χ3v) is 2.91. The van der Waals surface area contributed by atoms with Crippen LogP contribution in [0.3, 0.4) is 0 Å². The molecule has 2 rings (SSSR count). The topological polar surface area (TPSA) is 50.7 Å². The highest BCUT2D eigenvalue weighted by Crippen LogP contribution is 2.44. The van der Waals surface area contributed by atoms with E-state index in [1.54, 1.807) is 14.2 Å². The molecule has 2 unspecified atom stereocenters. The van der Waals surface area contributed by atoms with Gasteiger partial charge in [-0.05, 0) is 25.5 Å². The van der Waals surface area contributed by atoms with Crippen molar-refractivity contribution in [3.63, 3.8) is 0 Å². The van der Waals surface area contributed by atoms with Crippen LogP contribution in [-0.2, 0) is 0 Å². The number of hydrogen-bond acceptors (Lipinski definition) is 4. The summed E-state index contributed by atoms with van der Waals surface area (Å²) in [4.78, 5) is 0. The molecule has 0 radical (unpaired) electrons. The molecule has 1 aliphatic heterocycles. The van der Waals surface area contributed by atoms with Crippen molar-refractivity contribution in [3.8, 4) is 11.5 Å². The fraction of sp³-hybridized carbons (Fsp3) is 0.500. The zero-order valence-electron chi connectivity index (χ0n) is 9.78. The average molecular weight is 223 g/mol. The summed E-state index contributed by atoms with van der Waals surface area (Å²) >= 11 is 0. The summed E-state index contributed by atoms with van der Waals surface area (Å²) in [5.41, 5.74) is 1.63. The van der Waals surface area contributed by atoms with Crippen LogP contribution in [0.15, 0.2) is 12.1 Å². The van der Waals surface area contributed by atoms with Crippen LogP contribution in [0.4, 0.5) is 5.69 Å². The Morgan fingerprint density at radius 3 is 2.50 bits per heavy atom. The van der Waals surface area contributed by atoms with E-state index in [-0.39, 0.29) is 6.04 Å². The smallest absolute Gasteiger partial charge is 0.142 e. The molecule has 0 aliphatic carbocycles. The van der Waals surface area contributed by atoms with Crippen LogP contribution in [0.5, 0.6) is 11.5 Å².